The van der Waals surface area contributed by atoms with Crippen LogP contribution < -0.4 is 4.90 Å². The average molecular weight is 288 g/mol. The predicted octanol–water partition coefficient (Wildman–Crippen LogP) is 2.45. The molecule has 0 saturated carbocycles. The number of nitro benzene ring substituents is 1. The molecule has 21 heavy (non-hydrogen) atoms. The lowest BCUT2D eigenvalue weighted by Crippen LogP contribution is -2.29. The van der Waals surface area contributed by atoms with Crippen LogP contribution in [-0.2, 0) is 0 Å². The van der Waals surface area contributed by atoms with Crippen molar-refractivity contribution in [3.8, 4) is 0 Å². The summed E-state index contributed by atoms with van der Waals surface area (Å²) < 4.78 is 0. The normalized spacial score (nSPS) is 11.1. The Hall–Kier alpha value is -2.21. The molecule has 1 heterocycles. The molecule has 1 aromatic heterocycles. The van der Waals surface area contributed by atoms with Crippen molar-refractivity contribution < 1.29 is 4.92 Å². The third-order valence-corrected chi connectivity index (χ3v) is 3.42. The van der Waals surface area contributed by atoms with Gasteiger partial charge in [-0.1, -0.05) is 0 Å². The van der Waals surface area contributed by atoms with Gasteiger partial charge in [-0.25, -0.2) is 4.98 Å². The van der Waals surface area contributed by atoms with Crippen LogP contribution in [0.15, 0.2) is 24.3 Å². The largest absolute Gasteiger partial charge is 0.358 e. The molecular formula is C15H20N4O2. The van der Waals surface area contributed by atoms with Gasteiger partial charge in [-0.3, -0.25) is 10.1 Å². The van der Waals surface area contributed by atoms with E-state index in [1.54, 1.807) is 12.1 Å². The number of anilines is 1. The molecule has 0 aliphatic rings. The minimum absolute atomic E-state index is 0.0948. The van der Waals surface area contributed by atoms with E-state index in [1.807, 2.05) is 34.1 Å². The maximum Gasteiger partial charge on any atom is 0.270 e. The lowest BCUT2D eigenvalue weighted by atomic mass is 10.1. The third-order valence-electron chi connectivity index (χ3n) is 3.42. The summed E-state index contributed by atoms with van der Waals surface area (Å²) >= 11 is 0. The van der Waals surface area contributed by atoms with Crippen LogP contribution >= 0.6 is 0 Å². The molecule has 6 heteroatoms. The number of aryl methyl sites for hydroxylation is 1. The van der Waals surface area contributed by atoms with E-state index in [9.17, 15) is 10.1 Å². The summed E-state index contributed by atoms with van der Waals surface area (Å²) in [4.78, 5) is 19.3. The van der Waals surface area contributed by atoms with Crippen LogP contribution in [0, 0.1) is 17.0 Å². The molecule has 2 rings (SSSR count). The highest BCUT2D eigenvalue weighted by molar-refractivity contribution is 5.83. The summed E-state index contributed by atoms with van der Waals surface area (Å²) in [5.41, 5.74) is 1.89. The number of benzene rings is 1. The van der Waals surface area contributed by atoms with Crippen molar-refractivity contribution in [3.63, 3.8) is 0 Å². The van der Waals surface area contributed by atoms with Crippen LogP contribution in [0.5, 0.6) is 0 Å². The Kier molecular flexibility index (Phi) is 4.37. The molecule has 0 amide bonds. The van der Waals surface area contributed by atoms with Crippen LogP contribution in [-0.4, -0.2) is 49.0 Å². The molecule has 1 aromatic carbocycles. The molecule has 6 nitrogen and oxygen atoms in total. The quantitative estimate of drug-likeness (QED) is 0.624. The van der Waals surface area contributed by atoms with Gasteiger partial charge in [0.2, 0.25) is 0 Å². The number of aromatic nitrogens is 1. The highest BCUT2D eigenvalue weighted by atomic mass is 16.6. The summed E-state index contributed by atoms with van der Waals surface area (Å²) in [5, 5.41) is 11.6. The minimum atomic E-state index is -0.383. The fraction of sp³-hybridized carbons (Fsp3) is 0.400. The van der Waals surface area contributed by atoms with E-state index in [4.69, 9.17) is 0 Å². The number of nitrogens with zero attached hydrogens (tertiary/aromatic N) is 4. The van der Waals surface area contributed by atoms with Gasteiger partial charge in [0.1, 0.15) is 5.82 Å². The van der Waals surface area contributed by atoms with E-state index in [0.29, 0.717) is 0 Å². The zero-order valence-electron chi connectivity index (χ0n) is 12.8. The first-order valence-corrected chi connectivity index (χ1v) is 6.80. The fourth-order valence-electron chi connectivity index (χ4n) is 2.22. The van der Waals surface area contributed by atoms with Gasteiger partial charge in [-0.15, -0.1) is 0 Å². The first-order chi connectivity index (χ1) is 9.88. The third kappa shape index (κ3) is 3.46. The van der Waals surface area contributed by atoms with Crippen molar-refractivity contribution in [1.29, 1.82) is 0 Å². The van der Waals surface area contributed by atoms with Crippen LogP contribution in [0.2, 0.25) is 0 Å². The van der Waals surface area contributed by atoms with Gasteiger partial charge in [-0.05, 0) is 38.7 Å². The monoisotopic (exact) mass is 288 g/mol. The van der Waals surface area contributed by atoms with Crippen molar-refractivity contribution in [2.24, 2.45) is 0 Å². The van der Waals surface area contributed by atoms with Crippen molar-refractivity contribution in [2.45, 2.75) is 6.92 Å². The number of hydrogen-bond donors (Lipinski definition) is 0. The highest BCUT2D eigenvalue weighted by Gasteiger charge is 2.11. The molecule has 0 atom stereocenters. The van der Waals surface area contributed by atoms with Crippen LogP contribution in [0.3, 0.4) is 0 Å². The second-order valence-electron chi connectivity index (χ2n) is 5.49. The molecule has 0 aliphatic heterocycles. The SMILES string of the molecule is Cc1cc2cc([N+](=O)[O-])ccc2nc1N(C)CCN(C)C. The maximum atomic E-state index is 10.8. The fourth-order valence-corrected chi connectivity index (χ4v) is 2.22. The Labute approximate surface area is 124 Å². The molecule has 0 spiro atoms. The second kappa shape index (κ2) is 6.05. The first-order valence-electron chi connectivity index (χ1n) is 6.80. The average Bonchev–Trinajstić information content (AvgIpc) is 2.43. The van der Waals surface area contributed by atoms with Gasteiger partial charge in [-0.2, -0.15) is 0 Å². The summed E-state index contributed by atoms with van der Waals surface area (Å²) in [6, 6.07) is 6.72. The number of rotatable bonds is 5. The van der Waals surface area contributed by atoms with Gasteiger partial charge in [0.15, 0.2) is 0 Å². The number of fused-ring (bicyclic) bond motifs is 1. The molecule has 0 unspecified atom stereocenters. The molecule has 112 valence electrons. The molecule has 0 saturated heterocycles. The van der Waals surface area contributed by atoms with Crippen molar-refractivity contribution in [1.82, 2.24) is 9.88 Å². The first kappa shape index (κ1) is 15.2. The smallest absolute Gasteiger partial charge is 0.270 e. The lowest BCUT2D eigenvalue weighted by molar-refractivity contribution is -0.384. The van der Waals surface area contributed by atoms with E-state index >= 15 is 0 Å². The van der Waals surface area contributed by atoms with Crippen LogP contribution in [0.4, 0.5) is 11.5 Å². The number of non-ortho nitro benzene ring substituents is 1. The van der Waals surface area contributed by atoms with Crippen LogP contribution in [0.25, 0.3) is 10.9 Å². The molecule has 2 aromatic rings. The molecule has 0 aliphatic carbocycles. The van der Waals surface area contributed by atoms with Gasteiger partial charge >= 0.3 is 0 Å². The summed E-state index contributed by atoms with van der Waals surface area (Å²) in [7, 11) is 6.08. The van der Waals surface area contributed by atoms with Gasteiger partial charge < -0.3 is 9.80 Å². The topological polar surface area (TPSA) is 62.5 Å². The molecular weight excluding hydrogens is 268 g/mol. The van der Waals surface area contributed by atoms with E-state index in [0.717, 1.165) is 35.4 Å². The Morgan fingerprint density at radius 3 is 2.52 bits per heavy atom. The van der Waals surface area contributed by atoms with Crippen molar-refractivity contribution in [2.75, 3.05) is 39.1 Å². The standard InChI is InChI=1S/C15H20N4O2/c1-11-9-12-10-13(19(20)21)5-6-14(12)16-15(11)18(4)8-7-17(2)3/h5-6,9-10H,7-8H2,1-4H3. The number of hydrogen-bond acceptors (Lipinski definition) is 5. The molecule has 0 radical (unpaired) electrons. The maximum absolute atomic E-state index is 10.8. The Morgan fingerprint density at radius 1 is 1.19 bits per heavy atom. The lowest BCUT2D eigenvalue weighted by Gasteiger charge is -2.22. The Balaban J connectivity index is 2.36. The van der Waals surface area contributed by atoms with E-state index < -0.39 is 0 Å². The van der Waals surface area contributed by atoms with E-state index in [-0.39, 0.29) is 10.6 Å². The zero-order valence-corrected chi connectivity index (χ0v) is 12.8. The van der Waals surface area contributed by atoms with Crippen molar-refractivity contribution >= 4 is 22.4 Å². The van der Waals surface area contributed by atoms with E-state index in [1.165, 1.54) is 6.07 Å². The number of nitro groups is 1. The zero-order chi connectivity index (χ0) is 15.6. The summed E-state index contributed by atoms with van der Waals surface area (Å²) in [5.74, 6) is 0.915. The highest BCUT2D eigenvalue weighted by Crippen LogP contribution is 2.25. The Bertz CT molecular complexity index is 670. The number of likely N-dealkylation sites (N-methyl/N-ethyl adjacent to an activating group) is 2. The van der Waals surface area contributed by atoms with Gasteiger partial charge in [0.25, 0.3) is 5.69 Å². The molecule has 0 N–H and O–H groups in total. The Morgan fingerprint density at radius 2 is 1.90 bits per heavy atom. The van der Waals surface area contributed by atoms with Crippen molar-refractivity contribution in [3.05, 3.63) is 39.9 Å². The molecule has 0 fully saturated rings. The summed E-state index contributed by atoms with van der Waals surface area (Å²) in [6.45, 7) is 3.79. The number of pyridine rings is 1. The summed E-state index contributed by atoms with van der Waals surface area (Å²) in [6.07, 6.45) is 0. The molecule has 0 bridgehead atoms. The van der Waals surface area contributed by atoms with Gasteiger partial charge in [0.05, 0.1) is 10.4 Å². The van der Waals surface area contributed by atoms with Crippen LogP contribution in [0.1, 0.15) is 5.56 Å². The van der Waals surface area contributed by atoms with Gasteiger partial charge in [0, 0.05) is 37.7 Å². The minimum Gasteiger partial charge on any atom is -0.358 e. The predicted molar refractivity (Wildman–Crippen MR) is 85.0 cm³/mol. The van der Waals surface area contributed by atoms with E-state index in [2.05, 4.69) is 14.8 Å². The second-order valence-corrected chi connectivity index (χ2v) is 5.49.